The van der Waals surface area contributed by atoms with E-state index >= 15 is 0 Å². The predicted molar refractivity (Wildman–Crippen MR) is 67.6 cm³/mol. The molecule has 0 aliphatic heterocycles. The summed E-state index contributed by atoms with van der Waals surface area (Å²) in [5.41, 5.74) is 3.17. The van der Waals surface area contributed by atoms with E-state index in [4.69, 9.17) is 0 Å². The van der Waals surface area contributed by atoms with E-state index in [1.54, 1.807) is 11.3 Å². The average molecular weight is 226 g/mol. The van der Waals surface area contributed by atoms with E-state index in [0.717, 1.165) is 26.6 Å². The molecule has 1 aromatic carbocycles. The minimum atomic E-state index is 0.981. The van der Waals surface area contributed by atoms with Crippen LogP contribution < -0.4 is 0 Å². The summed E-state index contributed by atoms with van der Waals surface area (Å²) in [5.74, 6) is 0. The van der Waals surface area contributed by atoms with E-state index < -0.39 is 0 Å². The molecule has 3 heteroatoms. The molecule has 0 bridgehead atoms. The molecule has 78 valence electrons. The molecular formula is C13H10N2S. The summed E-state index contributed by atoms with van der Waals surface area (Å²) in [6, 6.07) is 14.2. The first-order chi connectivity index (χ1) is 7.83. The number of aryl methyl sites for hydroxylation is 1. The van der Waals surface area contributed by atoms with E-state index in [9.17, 15) is 0 Å². The van der Waals surface area contributed by atoms with Gasteiger partial charge < -0.3 is 0 Å². The number of pyridine rings is 1. The van der Waals surface area contributed by atoms with Crippen LogP contribution in [0.25, 0.3) is 20.9 Å². The Morgan fingerprint density at radius 2 is 1.75 bits per heavy atom. The second-order valence-corrected chi connectivity index (χ2v) is 4.64. The molecule has 0 N–H and O–H groups in total. The molecule has 0 unspecified atom stereocenters. The van der Waals surface area contributed by atoms with Gasteiger partial charge in [-0.1, -0.05) is 41.7 Å². The monoisotopic (exact) mass is 226 g/mol. The molecule has 16 heavy (non-hydrogen) atoms. The van der Waals surface area contributed by atoms with Gasteiger partial charge in [0.05, 0.1) is 0 Å². The molecule has 0 aliphatic carbocycles. The highest BCUT2D eigenvalue weighted by atomic mass is 32.1. The lowest BCUT2D eigenvalue weighted by Crippen LogP contribution is -1.78. The van der Waals surface area contributed by atoms with Crippen LogP contribution in [0.1, 0.15) is 5.69 Å². The number of hydrogen-bond donors (Lipinski definition) is 0. The zero-order chi connectivity index (χ0) is 11.0. The highest BCUT2D eigenvalue weighted by Gasteiger charge is 2.06. The zero-order valence-corrected chi connectivity index (χ0v) is 9.66. The minimum Gasteiger partial charge on any atom is -0.241 e. The maximum absolute atomic E-state index is 4.58. The summed E-state index contributed by atoms with van der Waals surface area (Å²) in [4.78, 5) is 10.1. The quantitative estimate of drug-likeness (QED) is 0.632. The standard InChI is InChI=1S/C13H10N2S/c1-9-7-8-11-13(14-9)16-12(15-11)10-5-3-2-4-6-10/h2-8H,1H3. The van der Waals surface area contributed by atoms with Gasteiger partial charge in [0.15, 0.2) is 0 Å². The van der Waals surface area contributed by atoms with Gasteiger partial charge in [0.1, 0.15) is 15.4 Å². The lowest BCUT2D eigenvalue weighted by Gasteiger charge is -1.91. The highest BCUT2D eigenvalue weighted by molar-refractivity contribution is 7.21. The second-order valence-electron chi connectivity index (χ2n) is 3.66. The van der Waals surface area contributed by atoms with Crippen LogP contribution in [0.3, 0.4) is 0 Å². The number of benzene rings is 1. The normalized spacial score (nSPS) is 10.8. The van der Waals surface area contributed by atoms with Crippen molar-refractivity contribution in [2.45, 2.75) is 6.92 Å². The number of thiazole rings is 1. The van der Waals surface area contributed by atoms with Crippen LogP contribution in [0.2, 0.25) is 0 Å². The van der Waals surface area contributed by atoms with Crippen molar-refractivity contribution in [3.8, 4) is 10.6 Å². The second kappa shape index (κ2) is 3.68. The van der Waals surface area contributed by atoms with E-state index in [2.05, 4.69) is 22.1 Å². The topological polar surface area (TPSA) is 25.8 Å². The Bertz CT molecular complexity index is 629. The predicted octanol–water partition coefficient (Wildman–Crippen LogP) is 3.67. The Morgan fingerprint density at radius 1 is 0.938 bits per heavy atom. The summed E-state index contributed by atoms with van der Waals surface area (Å²) < 4.78 is 0. The number of aromatic nitrogens is 2. The molecule has 0 saturated heterocycles. The Labute approximate surface area is 97.6 Å². The molecule has 0 radical (unpaired) electrons. The van der Waals surface area contributed by atoms with Crippen LogP contribution in [-0.2, 0) is 0 Å². The summed E-state index contributed by atoms with van der Waals surface area (Å²) in [7, 11) is 0. The van der Waals surface area contributed by atoms with Gasteiger partial charge in [0.25, 0.3) is 0 Å². The van der Waals surface area contributed by atoms with Gasteiger partial charge in [-0.25, -0.2) is 9.97 Å². The van der Waals surface area contributed by atoms with Crippen molar-refractivity contribution < 1.29 is 0 Å². The Hall–Kier alpha value is -1.74. The fourth-order valence-corrected chi connectivity index (χ4v) is 2.60. The molecule has 2 nitrogen and oxygen atoms in total. The van der Waals surface area contributed by atoms with Crippen LogP contribution in [0.5, 0.6) is 0 Å². The first-order valence-corrected chi connectivity index (χ1v) is 5.94. The van der Waals surface area contributed by atoms with E-state index in [1.165, 1.54) is 0 Å². The Kier molecular flexibility index (Phi) is 2.18. The first kappa shape index (κ1) is 9.48. The van der Waals surface area contributed by atoms with Gasteiger partial charge in [-0.05, 0) is 19.1 Å². The van der Waals surface area contributed by atoms with Crippen LogP contribution >= 0.6 is 11.3 Å². The Morgan fingerprint density at radius 3 is 2.56 bits per heavy atom. The third-order valence-electron chi connectivity index (χ3n) is 2.42. The van der Waals surface area contributed by atoms with Crippen molar-refractivity contribution in [1.29, 1.82) is 0 Å². The molecule has 0 amide bonds. The first-order valence-electron chi connectivity index (χ1n) is 5.12. The molecule has 0 fully saturated rings. The molecule has 0 aliphatic rings. The summed E-state index contributed by atoms with van der Waals surface area (Å²) in [6.07, 6.45) is 0. The smallest absolute Gasteiger partial charge is 0.144 e. The fraction of sp³-hybridized carbons (Fsp3) is 0.0769. The van der Waals surface area contributed by atoms with Crippen molar-refractivity contribution in [3.63, 3.8) is 0 Å². The van der Waals surface area contributed by atoms with Gasteiger partial charge in [0, 0.05) is 11.3 Å². The van der Waals surface area contributed by atoms with Crippen molar-refractivity contribution in [3.05, 3.63) is 48.2 Å². The highest BCUT2D eigenvalue weighted by Crippen LogP contribution is 2.28. The van der Waals surface area contributed by atoms with E-state index in [1.807, 2.05) is 37.3 Å². The van der Waals surface area contributed by atoms with Gasteiger partial charge in [-0.2, -0.15) is 0 Å². The summed E-state index contributed by atoms with van der Waals surface area (Å²) >= 11 is 1.64. The van der Waals surface area contributed by atoms with Crippen LogP contribution in [0, 0.1) is 6.92 Å². The van der Waals surface area contributed by atoms with Crippen LogP contribution in [-0.4, -0.2) is 9.97 Å². The number of hydrogen-bond acceptors (Lipinski definition) is 3. The minimum absolute atomic E-state index is 0.981. The third-order valence-corrected chi connectivity index (χ3v) is 3.43. The van der Waals surface area contributed by atoms with E-state index in [-0.39, 0.29) is 0 Å². The van der Waals surface area contributed by atoms with Crippen molar-refractivity contribution >= 4 is 21.7 Å². The van der Waals surface area contributed by atoms with Gasteiger partial charge >= 0.3 is 0 Å². The fourth-order valence-electron chi connectivity index (χ4n) is 1.61. The Balaban J connectivity index is 2.19. The SMILES string of the molecule is Cc1ccc2nc(-c3ccccc3)sc2n1. The van der Waals surface area contributed by atoms with Gasteiger partial charge in [-0.3, -0.25) is 0 Å². The molecule has 2 heterocycles. The van der Waals surface area contributed by atoms with Crippen molar-refractivity contribution in [2.24, 2.45) is 0 Å². The molecule has 0 atom stereocenters. The molecule has 3 aromatic rings. The third kappa shape index (κ3) is 1.59. The van der Waals surface area contributed by atoms with Crippen LogP contribution in [0.4, 0.5) is 0 Å². The van der Waals surface area contributed by atoms with Gasteiger partial charge in [0.2, 0.25) is 0 Å². The summed E-state index contributed by atoms with van der Waals surface area (Å²) in [6.45, 7) is 2.00. The molecule has 3 rings (SSSR count). The van der Waals surface area contributed by atoms with E-state index in [0.29, 0.717) is 0 Å². The van der Waals surface area contributed by atoms with Gasteiger partial charge in [-0.15, -0.1) is 0 Å². The van der Waals surface area contributed by atoms with Crippen molar-refractivity contribution in [2.75, 3.05) is 0 Å². The lowest BCUT2D eigenvalue weighted by atomic mass is 10.2. The number of rotatable bonds is 1. The molecular weight excluding hydrogens is 216 g/mol. The molecule has 0 spiro atoms. The lowest BCUT2D eigenvalue weighted by molar-refractivity contribution is 1.26. The summed E-state index contributed by atoms with van der Waals surface area (Å²) in [5, 5.41) is 1.04. The number of nitrogens with zero attached hydrogens (tertiary/aromatic N) is 2. The molecule has 0 saturated carbocycles. The van der Waals surface area contributed by atoms with Crippen molar-refractivity contribution in [1.82, 2.24) is 9.97 Å². The maximum Gasteiger partial charge on any atom is 0.144 e. The zero-order valence-electron chi connectivity index (χ0n) is 8.84. The average Bonchev–Trinajstić information content (AvgIpc) is 2.73. The maximum atomic E-state index is 4.58. The number of fused-ring (bicyclic) bond motifs is 1. The van der Waals surface area contributed by atoms with Crippen LogP contribution in [0.15, 0.2) is 42.5 Å². The largest absolute Gasteiger partial charge is 0.241 e. The molecule has 2 aromatic heterocycles.